The number of piperidine rings is 1. The van der Waals surface area contributed by atoms with Crippen LogP contribution in [0.4, 0.5) is 0 Å². The summed E-state index contributed by atoms with van der Waals surface area (Å²) in [4.78, 5) is 11.9. The van der Waals surface area contributed by atoms with Crippen LogP contribution in [0, 0.1) is 5.92 Å². The molecule has 0 saturated carbocycles. The van der Waals surface area contributed by atoms with E-state index in [2.05, 4.69) is 10.6 Å². The summed E-state index contributed by atoms with van der Waals surface area (Å²) >= 11 is 11.8. The predicted octanol–water partition coefficient (Wildman–Crippen LogP) is 2.95. The number of nitrogens with one attached hydrogen (secondary N) is 2. The molecule has 1 fully saturated rings. The Morgan fingerprint density at radius 2 is 1.86 bits per heavy atom. The van der Waals surface area contributed by atoms with E-state index in [1.54, 1.807) is 18.2 Å². The van der Waals surface area contributed by atoms with Crippen LogP contribution in [0.5, 0.6) is 0 Å². The van der Waals surface area contributed by atoms with Gasteiger partial charge in [-0.1, -0.05) is 23.2 Å². The highest BCUT2D eigenvalue weighted by molar-refractivity contribution is 6.34. The van der Waals surface area contributed by atoms with Gasteiger partial charge in [0.2, 0.25) is 5.91 Å². The summed E-state index contributed by atoms with van der Waals surface area (Å²) in [5, 5.41) is 17.1. The molecule has 1 aliphatic rings. The molecular weight excluding hydrogens is 347 g/mol. The van der Waals surface area contributed by atoms with Crippen molar-refractivity contribution >= 4 is 41.5 Å². The second-order valence-electron chi connectivity index (χ2n) is 5.42. The van der Waals surface area contributed by atoms with Gasteiger partial charge >= 0.3 is 0 Å². The minimum absolute atomic E-state index is 0. The summed E-state index contributed by atoms with van der Waals surface area (Å²) in [5.74, 6) is 0.415. The molecule has 1 heterocycles. The van der Waals surface area contributed by atoms with Crippen molar-refractivity contribution in [1.29, 1.82) is 0 Å². The number of hydrogen-bond acceptors (Lipinski definition) is 3. The van der Waals surface area contributed by atoms with Crippen molar-refractivity contribution in [2.24, 2.45) is 5.92 Å². The molecular formula is C15H21Cl3N2O2. The number of aliphatic hydroxyl groups excluding tert-OH is 1. The van der Waals surface area contributed by atoms with Crippen LogP contribution in [0.15, 0.2) is 18.2 Å². The molecule has 0 spiro atoms. The Morgan fingerprint density at radius 1 is 1.27 bits per heavy atom. The lowest BCUT2D eigenvalue weighted by atomic mass is 9.94. The standard InChI is InChI=1S/C15H20Cl2N2O2.ClH/c16-12-6-11(7-13(17)8-12)14(20)9-19-15(21)5-10-1-3-18-4-2-10;/h6-8,10,14,18,20H,1-5,9H2,(H,19,21);1H. The van der Waals surface area contributed by atoms with Crippen molar-refractivity contribution in [3.05, 3.63) is 33.8 Å². The van der Waals surface area contributed by atoms with Crippen LogP contribution in [0.25, 0.3) is 0 Å². The van der Waals surface area contributed by atoms with Gasteiger partial charge in [-0.15, -0.1) is 12.4 Å². The van der Waals surface area contributed by atoms with E-state index >= 15 is 0 Å². The summed E-state index contributed by atoms with van der Waals surface area (Å²) in [6.45, 7) is 2.11. The second-order valence-corrected chi connectivity index (χ2v) is 6.29. The zero-order valence-corrected chi connectivity index (χ0v) is 14.5. The van der Waals surface area contributed by atoms with Crippen LogP contribution >= 0.6 is 35.6 Å². The Hall–Kier alpha value is -0.520. The normalized spacial score (nSPS) is 16.7. The quantitative estimate of drug-likeness (QED) is 0.750. The minimum Gasteiger partial charge on any atom is -0.387 e. The van der Waals surface area contributed by atoms with Gasteiger partial charge in [-0.25, -0.2) is 0 Å². The van der Waals surface area contributed by atoms with Crippen LogP contribution in [0.3, 0.4) is 0 Å². The number of rotatable bonds is 5. The summed E-state index contributed by atoms with van der Waals surface area (Å²) in [5.41, 5.74) is 0.606. The highest BCUT2D eigenvalue weighted by Gasteiger charge is 2.17. The Balaban J connectivity index is 0.00000242. The van der Waals surface area contributed by atoms with E-state index in [0.29, 0.717) is 27.9 Å². The SMILES string of the molecule is Cl.O=C(CC1CCNCC1)NCC(O)c1cc(Cl)cc(Cl)c1. The summed E-state index contributed by atoms with van der Waals surface area (Å²) < 4.78 is 0. The van der Waals surface area contributed by atoms with Gasteiger partial charge in [-0.2, -0.15) is 0 Å². The molecule has 0 aliphatic carbocycles. The van der Waals surface area contributed by atoms with Crippen molar-refractivity contribution in [1.82, 2.24) is 10.6 Å². The Kier molecular flexibility index (Phi) is 8.50. The summed E-state index contributed by atoms with van der Waals surface area (Å²) in [6.07, 6.45) is 1.77. The number of aliphatic hydroxyl groups is 1. The third-order valence-corrected chi connectivity index (χ3v) is 4.13. The van der Waals surface area contributed by atoms with E-state index in [0.717, 1.165) is 25.9 Å². The van der Waals surface area contributed by atoms with E-state index in [1.807, 2.05) is 0 Å². The topological polar surface area (TPSA) is 61.4 Å². The molecule has 7 heteroatoms. The van der Waals surface area contributed by atoms with E-state index in [-0.39, 0.29) is 24.9 Å². The van der Waals surface area contributed by atoms with Gasteiger partial charge in [0.1, 0.15) is 0 Å². The lowest BCUT2D eigenvalue weighted by Crippen LogP contribution is -2.33. The number of amides is 1. The third-order valence-electron chi connectivity index (χ3n) is 3.70. The predicted molar refractivity (Wildman–Crippen MR) is 91.9 cm³/mol. The maximum atomic E-state index is 11.9. The molecule has 3 N–H and O–H groups in total. The maximum Gasteiger partial charge on any atom is 0.220 e. The second kappa shape index (κ2) is 9.58. The van der Waals surface area contributed by atoms with Gasteiger partial charge in [-0.3, -0.25) is 4.79 Å². The van der Waals surface area contributed by atoms with Gasteiger partial charge in [0.05, 0.1) is 6.10 Å². The fraction of sp³-hybridized carbons (Fsp3) is 0.533. The Bertz CT molecular complexity index is 473. The van der Waals surface area contributed by atoms with Crippen molar-refractivity contribution in [2.45, 2.75) is 25.4 Å². The Labute approximate surface area is 147 Å². The number of halogens is 3. The van der Waals surface area contributed by atoms with Crippen LogP contribution in [0.2, 0.25) is 10.0 Å². The molecule has 4 nitrogen and oxygen atoms in total. The number of carbonyl (C=O) groups excluding carboxylic acids is 1. The van der Waals surface area contributed by atoms with E-state index in [4.69, 9.17) is 23.2 Å². The third kappa shape index (κ3) is 6.31. The first-order valence-corrected chi connectivity index (χ1v) is 7.91. The van der Waals surface area contributed by atoms with Crippen molar-refractivity contribution in [2.75, 3.05) is 19.6 Å². The molecule has 1 atom stereocenters. The van der Waals surface area contributed by atoms with E-state index in [9.17, 15) is 9.90 Å². The molecule has 0 bridgehead atoms. The van der Waals surface area contributed by atoms with Crippen LogP contribution < -0.4 is 10.6 Å². The monoisotopic (exact) mass is 366 g/mol. The first-order valence-electron chi connectivity index (χ1n) is 7.16. The molecule has 1 aliphatic heterocycles. The molecule has 1 unspecified atom stereocenters. The molecule has 1 amide bonds. The van der Waals surface area contributed by atoms with Gasteiger partial charge < -0.3 is 15.7 Å². The lowest BCUT2D eigenvalue weighted by Gasteiger charge is -2.22. The zero-order valence-electron chi connectivity index (χ0n) is 12.1. The lowest BCUT2D eigenvalue weighted by molar-refractivity contribution is -0.122. The van der Waals surface area contributed by atoms with Gasteiger partial charge in [0.15, 0.2) is 0 Å². The maximum absolute atomic E-state index is 11.9. The average molecular weight is 368 g/mol. The first-order chi connectivity index (χ1) is 10.0. The number of hydrogen-bond donors (Lipinski definition) is 3. The summed E-state index contributed by atoms with van der Waals surface area (Å²) in [6, 6.07) is 4.91. The minimum atomic E-state index is -0.807. The van der Waals surface area contributed by atoms with Crippen LogP contribution in [0.1, 0.15) is 30.9 Å². The molecule has 124 valence electrons. The molecule has 0 radical (unpaired) electrons. The molecule has 1 aromatic rings. The average Bonchev–Trinajstić information content (AvgIpc) is 2.45. The van der Waals surface area contributed by atoms with Gasteiger partial charge in [0.25, 0.3) is 0 Å². The molecule has 2 rings (SSSR count). The number of carbonyl (C=O) groups is 1. The van der Waals surface area contributed by atoms with Crippen LogP contribution in [-0.4, -0.2) is 30.6 Å². The first kappa shape index (κ1) is 19.5. The summed E-state index contributed by atoms with van der Waals surface area (Å²) in [7, 11) is 0. The fourth-order valence-corrected chi connectivity index (χ4v) is 3.06. The molecule has 1 saturated heterocycles. The van der Waals surface area contributed by atoms with E-state index < -0.39 is 6.10 Å². The van der Waals surface area contributed by atoms with Crippen molar-refractivity contribution < 1.29 is 9.90 Å². The highest BCUT2D eigenvalue weighted by atomic mass is 35.5. The van der Waals surface area contributed by atoms with E-state index in [1.165, 1.54) is 0 Å². The van der Waals surface area contributed by atoms with Crippen molar-refractivity contribution in [3.63, 3.8) is 0 Å². The van der Waals surface area contributed by atoms with Crippen LogP contribution in [-0.2, 0) is 4.79 Å². The smallest absolute Gasteiger partial charge is 0.220 e. The molecule has 22 heavy (non-hydrogen) atoms. The highest BCUT2D eigenvalue weighted by Crippen LogP contribution is 2.23. The Morgan fingerprint density at radius 3 is 2.45 bits per heavy atom. The largest absolute Gasteiger partial charge is 0.387 e. The zero-order chi connectivity index (χ0) is 15.2. The van der Waals surface area contributed by atoms with Crippen molar-refractivity contribution in [3.8, 4) is 0 Å². The molecule has 1 aromatic carbocycles. The fourth-order valence-electron chi connectivity index (χ4n) is 2.52. The molecule has 0 aromatic heterocycles. The number of benzene rings is 1. The van der Waals surface area contributed by atoms with Gasteiger partial charge in [0, 0.05) is 23.0 Å². The van der Waals surface area contributed by atoms with Gasteiger partial charge in [-0.05, 0) is 55.6 Å².